The van der Waals surface area contributed by atoms with E-state index in [1.165, 1.54) is 0 Å². The highest BCUT2D eigenvalue weighted by Gasteiger charge is 2.32. The molecule has 1 atom stereocenters. The van der Waals surface area contributed by atoms with Crippen LogP contribution in [-0.4, -0.2) is 37.0 Å². The quantitative estimate of drug-likeness (QED) is 0.810. The number of cyclic esters (lactones) is 1. The summed E-state index contributed by atoms with van der Waals surface area (Å²) in [5.41, 5.74) is 2.28. The Morgan fingerprint density at radius 1 is 1.21 bits per heavy atom. The third-order valence-corrected chi connectivity index (χ3v) is 4.14. The van der Waals surface area contributed by atoms with Crippen molar-refractivity contribution in [3.05, 3.63) is 65.2 Å². The van der Waals surface area contributed by atoms with E-state index in [1.54, 1.807) is 31.2 Å². The number of fused-ring (bicyclic) bond motifs is 1. The molecule has 0 N–H and O–H groups in total. The van der Waals surface area contributed by atoms with E-state index in [1.807, 2.05) is 36.4 Å². The number of methoxy groups -OCH3 is 1. The Morgan fingerprint density at radius 2 is 1.92 bits per heavy atom. The van der Waals surface area contributed by atoms with Crippen LogP contribution < -0.4 is 4.74 Å². The van der Waals surface area contributed by atoms with Gasteiger partial charge in [0, 0.05) is 25.6 Å². The molecule has 24 heavy (non-hydrogen) atoms. The molecule has 5 heteroatoms. The van der Waals surface area contributed by atoms with Crippen molar-refractivity contribution in [2.45, 2.75) is 19.1 Å². The van der Waals surface area contributed by atoms with Gasteiger partial charge in [0.05, 0.1) is 12.7 Å². The lowest BCUT2D eigenvalue weighted by atomic mass is 9.98. The fourth-order valence-corrected chi connectivity index (χ4v) is 2.88. The first kappa shape index (κ1) is 16.1. The van der Waals surface area contributed by atoms with Gasteiger partial charge in [-0.2, -0.15) is 0 Å². The Balaban J connectivity index is 1.74. The molecule has 5 nitrogen and oxygen atoms in total. The number of benzene rings is 2. The van der Waals surface area contributed by atoms with Crippen molar-refractivity contribution in [3.63, 3.8) is 0 Å². The lowest BCUT2D eigenvalue weighted by Gasteiger charge is -2.28. The minimum absolute atomic E-state index is 0.219. The molecule has 2 aromatic carbocycles. The maximum Gasteiger partial charge on any atom is 0.339 e. The number of nitrogens with zero attached hydrogens (tertiary/aromatic N) is 1. The minimum atomic E-state index is -0.785. The zero-order valence-corrected chi connectivity index (χ0v) is 13.7. The summed E-state index contributed by atoms with van der Waals surface area (Å²) in [5, 5.41) is 0. The van der Waals surface area contributed by atoms with E-state index in [4.69, 9.17) is 9.47 Å². The smallest absolute Gasteiger partial charge is 0.339 e. The zero-order valence-electron chi connectivity index (χ0n) is 13.7. The van der Waals surface area contributed by atoms with Gasteiger partial charge in [0.25, 0.3) is 5.91 Å². The molecule has 124 valence electrons. The molecule has 1 aliphatic rings. The molecule has 0 spiro atoms. The van der Waals surface area contributed by atoms with Crippen LogP contribution in [-0.2, 0) is 22.5 Å². The van der Waals surface area contributed by atoms with Crippen molar-refractivity contribution in [1.82, 2.24) is 4.90 Å². The summed E-state index contributed by atoms with van der Waals surface area (Å²) in [6, 6.07) is 14.8. The second-order valence-electron chi connectivity index (χ2n) is 5.76. The SMILES string of the molecule is COc1ccccc1CN(C)C(=O)[C@@H]1Cc2ccccc2C(=O)O1. The summed E-state index contributed by atoms with van der Waals surface area (Å²) in [4.78, 5) is 26.3. The van der Waals surface area contributed by atoms with E-state index >= 15 is 0 Å². The van der Waals surface area contributed by atoms with Gasteiger partial charge in [0.15, 0.2) is 6.10 Å². The van der Waals surface area contributed by atoms with Crippen LogP contribution in [0, 0.1) is 0 Å². The Kier molecular flexibility index (Phi) is 4.51. The maximum absolute atomic E-state index is 12.7. The van der Waals surface area contributed by atoms with Crippen LogP contribution >= 0.6 is 0 Å². The summed E-state index contributed by atoms with van der Waals surface area (Å²) in [5.74, 6) is 0.0628. The molecule has 1 amide bonds. The van der Waals surface area contributed by atoms with Gasteiger partial charge in [-0.25, -0.2) is 4.79 Å². The number of amides is 1. The van der Waals surface area contributed by atoms with Crippen LogP contribution in [0.3, 0.4) is 0 Å². The highest BCUT2D eigenvalue weighted by Crippen LogP contribution is 2.23. The van der Waals surface area contributed by atoms with Crippen LogP contribution in [0.25, 0.3) is 0 Å². The Labute approximate surface area is 140 Å². The third-order valence-electron chi connectivity index (χ3n) is 4.14. The van der Waals surface area contributed by atoms with Crippen LogP contribution in [0.4, 0.5) is 0 Å². The summed E-state index contributed by atoms with van der Waals surface area (Å²) >= 11 is 0. The number of para-hydroxylation sites is 1. The topological polar surface area (TPSA) is 55.8 Å². The molecule has 0 fully saturated rings. The van der Waals surface area contributed by atoms with Gasteiger partial charge >= 0.3 is 5.97 Å². The predicted octanol–water partition coefficient (Wildman–Crippen LogP) is 2.44. The molecule has 0 aliphatic carbocycles. The molecule has 3 rings (SSSR count). The molecule has 0 saturated carbocycles. The molecule has 0 saturated heterocycles. The molecule has 0 radical (unpaired) electrons. The number of ether oxygens (including phenoxy) is 2. The van der Waals surface area contributed by atoms with Crippen molar-refractivity contribution >= 4 is 11.9 Å². The Hall–Kier alpha value is -2.82. The van der Waals surface area contributed by atoms with Crippen LogP contribution in [0.1, 0.15) is 21.5 Å². The van der Waals surface area contributed by atoms with Crippen LogP contribution in [0.15, 0.2) is 48.5 Å². The van der Waals surface area contributed by atoms with Crippen molar-refractivity contribution in [2.75, 3.05) is 14.2 Å². The van der Waals surface area contributed by atoms with Crippen molar-refractivity contribution in [1.29, 1.82) is 0 Å². The van der Waals surface area contributed by atoms with E-state index in [0.717, 1.165) is 16.9 Å². The minimum Gasteiger partial charge on any atom is -0.496 e. The van der Waals surface area contributed by atoms with Gasteiger partial charge < -0.3 is 14.4 Å². The Morgan fingerprint density at radius 3 is 2.71 bits per heavy atom. The second kappa shape index (κ2) is 6.74. The highest BCUT2D eigenvalue weighted by atomic mass is 16.5. The number of hydrogen-bond donors (Lipinski definition) is 0. The molecule has 0 aromatic heterocycles. The molecular formula is C19H19NO4. The monoisotopic (exact) mass is 325 g/mol. The van der Waals surface area contributed by atoms with E-state index in [0.29, 0.717) is 18.5 Å². The molecule has 2 aromatic rings. The molecule has 1 heterocycles. The Bertz CT molecular complexity index is 771. The van der Waals surface area contributed by atoms with E-state index in [-0.39, 0.29) is 5.91 Å². The number of carbonyl (C=O) groups is 2. The normalized spacial score (nSPS) is 16.1. The average molecular weight is 325 g/mol. The molecule has 1 aliphatic heterocycles. The standard InChI is InChI=1S/C19H19NO4/c1-20(12-14-8-4-6-10-16(14)23-2)18(21)17-11-13-7-3-5-9-15(13)19(22)24-17/h3-10,17H,11-12H2,1-2H3/t17-/m0/s1. The van der Waals surface area contributed by atoms with Crippen molar-refractivity contribution < 1.29 is 19.1 Å². The second-order valence-corrected chi connectivity index (χ2v) is 5.76. The van der Waals surface area contributed by atoms with E-state index in [2.05, 4.69) is 0 Å². The number of likely N-dealkylation sites (N-methyl/N-ethyl adjacent to an activating group) is 1. The molecule has 0 unspecified atom stereocenters. The summed E-state index contributed by atoms with van der Waals surface area (Å²) < 4.78 is 10.6. The fourth-order valence-electron chi connectivity index (χ4n) is 2.88. The number of hydrogen-bond acceptors (Lipinski definition) is 4. The lowest BCUT2D eigenvalue weighted by molar-refractivity contribution is -0.140. The molecular weight excluding hydrogens is 306 g/mol. The summed E-state index contributed by atoms with van der Waals surface area (Å²) in [6.45, 7) is 0.387. The van der Waals surface area contributed by atoms with Gasteiger partial charge in [0.1, 0.15) is 5.75 Å². The summed E-state index contributed by atoms with van der Waals surface area (Å²) in [7, 11) is 3.30. The van der Waals surface area contributed by atoms with Crippen LogP contribution in [0.2, 0.25) is 0 Å². The summed E-state index contributed by atoms with van der Waals surface area (Å²) in [6.07, 6.45) is -0.385. The predicted molar refractivity (Wildman–Crippen MR) is 88.8 cm³/mol. The highest BCUT2D eigenvalue weighted by molar-refractivity contribution is 5.95. The van der Waals surface area contributed by atoms with Crippen LogP contribution in [0.5, 0.6) is 5.75 Å². The van der Waals surface area contributed by atoms with Gasteiger partial charge in [-0.15, -0.1) is 0 Å². The lowest BCUT2D eigenvalue weighted by Crippen LogP contribution is -2.42. The first-order chi connectivity index (χ1) is 11.6. The van der Waals surface area contributed by atoms with Gasteiger partial charge in [-0.05, 0) is 17.7 Å². The number of carbonyl (C=O) groups excluding carboxylic acids is 2. The largest absolute Gasteiger partial charge is 0.496 e. The van der Waals surface area contributed by atoms with Gasteiger partial charge in [0.2, 0.25) is 0 Å². The maximum atomic E-state index is 12.7. The first-order valence-electron chi connectivity index (χ1n) is 7.76. The number of rotatable bonds is 4. The van der Waals surface area contributed by atoms with Gasteiger partial charge in [-0.1, -0.05) is 36.4 Å². The van der Waals surface area contributed by atoms with E-state index < -0.39 is 12.1 Å². The first-order valence-corrected chi connectivity index (χ1v) is 7.76. The molecule has 0 bridgehead atoms. The van der Waals surface area contributed by atoms with Crippen molar-refractivity contribution in [2.24, 2.45) is 0 Å². The number of esters is 1. The fraction of sp³-hybridized carbons (Fsp3) is 0.263. The van der Waals surface area contributed by atoms with Crippen molar-refractivity contribution in [3.8, 4) is 5.75 Å². The average Bonchev–Trinajstić information content (AvgIpc) is 2.61. The third kappa shape index (κ3) is 3.11. The van der Waals surface area contributed by atoms with Gasteiger partial charge in [-0.3, -0.25) is 4.79 Å². The zero-order chi connectivity index (χ0) is 17.1. The van der Waals surface area contributed by atoms with E-state index in [9.17, 15) is 9.59 Å².